The largest absolute Gasteiger partial charge is 0.507 e. The number of rotatable bonds is 6. The molecule has 0 radical (unpaired) electrons. The second kappa shape index (κ2) is 8.27. The van der Waals surface area contributed by atoms with Gasteiger partial charge >= 0.3 is 0 Å². The summed E-state index contributed by atoms with van der Waals surface area (Å²) in [5.41, 5.74) is 5.18. The molecule has 1 amide bonds. The molecule has 1 aromatic heterocycles. The van der Waals surface area contributed by atoms with Crippen LogP contribution in [0.25, 0.3) is 11.3 Å². The number of hydrogen-bond acceptors (Lipinski definition) is 4. The highest BCUT2D eigenvalue weighted by Gasteiger charge is 2.11. The Labute approximate surface area is 155 Å². The maximum atomic E-state index is 13.0. The van der Waals surface area contributed by atoms with Crippen molar-refractivity contribution in [2.24, 2.45) is 5.10 Å². The van der Waals surface area contributed by atoms with Gasteiger partial charge < -0.3 is 5.11 Å². The van der Waals surface area contributed by atoms with Gasteiger partial charge in [-0.25, -0.2) is 9.82 Å². The summed E-state index contributed by atoms with van der Waals surface area (Å²) >= 11 is 0. The van der Waals surface area contributed by atoms with E-state index >= 15 is 0 Å². The van der Waals surface area contributed by atoms with Crippen LogP contribution in [0.5, 0.6) is 5.75 Å². The van der Waals surface area contributed by atoms with Crippen LogP contribution in [0.15, 0.2) is 53.6 Å². The van der Waals surface area contributed by atoms with E-state index in [-0.39, 0.29) is 17.3 Å². The van der Waals surface area contributed by atoms with Gasteiger partial charge in [-0.2, -0.15) is 10.2 Å². The lowest BCUT2D eigenvalue weighted by atomic mass is 10.1. The molecule has 0 saturated carbocycles. The fourth-order valence-electron chi connectivity index (χ4n) is 2.61. The van der Waals surface area contributed by atoms with Crippen LogP contribution >= 0.6 is 0 Å². The SMILES string of the molecule is CCCc1cccc(/C=N/NC(=O)c2cc(-c3ccc(F)cc3)n[nH]2)c1O. The molecule has 0 aliphatic heterocycles. The molecule has 0 spiro atoms. The number of benzene rings is 2. The molecule has 3 aromatic rings. The molecule has 138 valence electrons. The van der Waals surface area contributed by atoms with Crippen LogP contribution in [-0.2, 0) is 6.42 Å². The van der Waals surface area contributed by atoms with Crippen LogP contribution in [0.1, 0.15) is 35.0 Å². The molecule has 0 aliphatic rings. The van der Waals surface area contributed by atoms with Crippen molar-refractivity contribution in [3.05, 3.63) is 71.2 Å². The monoisotopic (exact) mass is 366 g/mol. The number of amides is 1. The zero-order chi connectivity index (χ0) is 19.2. The van der Waals surface area contributed by atoms with Crippen LogP contribution in [0, 0.1) is 5.82 Å². The molecule has 3 N–H and O–H groups in total. The Kier molecular flexibility index (Phi) is 5.61. The van der Waals surface area contributed by atoms with Crippen molar-refractivity contribution >= 4 is 12.1 Å². The Hall–Kier alpha value is -3.48. The maximum Gasteiger partial charge on any atom is 0.289 e. The van der Waals surface area contributed by atoms with E-state index in [1.165, 1.54) is 18.3 Å². The first-order chi connectivity index (χ1) is 13.1. The van der Waals surface area contributed by atoms with E-state index in [1.807, 2.05) is 19.1 Å². The number of halogens is 1. The summed E-state index contributed by atoms with van der Waals surface area (Å²) in [4.78, 5) is 12.2. The number of aromatic nitrogens is 2. The van der Waals surface area contributed by atoms with Gasteiger partial charge in [0.15, 0.2) is 0 Å². The van der Waals surface area contributed by atoms with Gasteiger partial charge in [-0.3, -0.25) is 9.89 Å². The molecule has 0 aliphatic carbocycles. The molecule has 0 bridgehead atoms. The molecule has 1 heterocycles. The quantitative estimate of drug-likeness (QED) is 0.459. The van der Waals surface area contributed by atoms with Gasteiger partial charge in [-0.15, -0.1) is 0 Å². The molecule has 7 heteroatoms. The van der Waals surface area contributed by atoms with Gasteiger partial charge in [-0.1, -0.05) is 25.5 Å². The van der Waals surface area contributed by atoms with E-state index < -0.39 is 5.91 Å². The second-order valence-corrected chi connectivity index (χ2v) is 5.98. The molecular formula is C20H19FN4O2. The van der Waals surface area contributed by atoms with E-state index in [1.54, 1.807) is 24.3 Å². The van der Waals surface area contributed by atoms with Gasteiger partial charge in [0.1, 0.15) is 17.3 Å². The molecule has 0 unspecified atom stereocenters. The number of aromatic amines is 1. The number of carbonyl (C=O) groups excluding carboxylic acids is 1. The number of aryl methyl sites for hydroxylation is 1. The van der Waals surface area contributed by atoms with E-state index in [0.29, 0.717) is 16.8 Å². The van der Waals surface area contributed by atoms with Crippen LogP contribution in [0.2, 0.25) is 0 Å². The summed E-state index contributed by atoms with van der Waals surface area (Å²) in [5, 5.41) is 20.8. The standard InChI is InChI=1S/C20H19FN4O2/c1-2-4-14-5-3-6-15(19(14)26)12-22-25-20(27)18-11-17(23-24-18)13-7-9-16(21)10-8-13/h3,5-12,26H,2,4H2,1H3,(H,23,24)(H,25,27)/b22-12+. The van der Waals surface area contributed by atoms with Crippen LogP contribution in [0.4, 0.5) is 4.39 Å². The number of carbonyl (C=O) groups is 1. The topological polar surface area (TPSA) is 90.4 Å². The van der Waals surface area contributed by atoms with E-state index in [4.69, 9.17) is 0 Å². The summed E-state index contributed by atoms with van der Waals surface area (Å²) in [6.45, 7) is 2.03. The number of hydrazone groups is 1. The van der Waals surface area contributed by atoms with E-state index in [2.05, 4.69) is 20.7 Å². The first-order valence-corrected chi connectivity index (χ1v) is 8.54. The van der Waals surface area contributed by atoms with Crippen molar-refractivity contribution in [2.45, 2.75) is 19.8 Å². The summed E-state index contributed by atoms with van der Waals surface area (Å²) < 4.78 is 13.0. The predicted octanol–water partition coefficient (Wildman–Crippen LogP) is 3.64. The van der Waals surface area contributed by atoms with E-state index in [0.717, 1.165) is 18.4 Å². The Morgan fingerprint density at radius 3 is 2.81 bits per heavy atom. The van der Waals surface area contributed by atoms with Crippen molar-refractivity contribution in [1.29, 1.82) is 0 Å². The third kappa shape index (κ3) is 4.38. The molecule has 2 aromatic carbocycles. The van der Waals surface area contributed by atoms with Crippen molar-refractivity contribution in [2.75, 3.05) is 0 Å². The minimum Gasteiger partial charge on any atom is -0.507 e. The fraction of sp³-hybridized carbons (Fsp3) is 0.150. The zero-order valence-corrected chi connectivity index (χ0v) is 14.7. The molecule has 0 saturated heterocycles. The molecule has 0 atom stereocenters. The lowest BCUT2D eigenvalue weighted by Crippen LogP contribution is -2.18. The molecule has 0 fully saturated rings. The normalized spacial score (nSPS) is 11.0. The zero-order valence-electron chi connectivity index (χ0n) is 14.7. The third-order valence-electron chi connectivity index (χ3n) is 4.00. The summed E-state index contributed by atoms with van der Waals surface area (Å²) in [6, 6.07) is 12.8. The molecule has 27 heavy (non-hydrogen) atoms. The van der Waals surface area contributed by atoms with Crippen LogP contribution in [-0.4, -0.2) is 27.4 Å². The number of para-hydroxylation sites is 1. The first kappa shape index (κ1) is 18.3. The van der Waals surface area contributed by atoms with Crippen molar-refractivity contribution < 1.29 is 14.3 Å². The number of nitrogens with one attached hydrogen (secondary N) is 2. The molecular weight excluding hydrogens is 347 g/mol. The Morgan fingerprint density at radius 2 is 2.07 bits per heavy atom. The van der Waals surface area contributed by atoms with Crippen LogP contribution < -0.4 is 5.43 Å². The average molecular weight is 366 g/mol. The van der Waals surface area contributed by atoms with Gasteiger partial charge in [0.2, 0.25) is 0 Å². The maximum absolute atomic E-state index is 13.0. The van der Waals surface area contributed by atoms with Crippen molar-refractivity contribution in [1.82, 2.24) is 15.6 Å². The first-order valence-electron chi connectivity index (χ1n) is 8.54. The Balaban J connectivity index is 1.67. The Bertz CT molecular complexity index is 964. The summed E-state index contributed by atoms with van der Waals surface area (Å²) in [7, 11) is 0. The number of hydrogen-bond donors (Lipinski definition) is 3. The minimum absolute atomic E-state index is 0.164. The fourth-order valence-corrected chi connectivity index (χ4v) is 2.61. The highest BCUT2D eigenvalue weighted by molar-refractivity contribution is 5.94. The summed E-state index contributed by atoms with van der Waals surface area (Å²) in [5.74, 6) is -0.651. The molecule has 6 nitrogen and oxygen atoms in total. The highest BCUT2D eigenvalue weighted by atomic mass is 19.1. The van der Waals surface area contributed by atoms with Gasteiger partial charge in [0, 0.05) is 11.1 Å². The smallest absolute Gasteiger partial charge is 0.289 e. The lowest BCUT2D eigenvalue weighted by molar-refractivity contribution is 0.0950. The summed E-state index contributed by atoms with van der Waals surface area (Å²) in [6.07, 6.45) is 3.07. The number of aromatic hydroxyl groups is 1. The number of phenolic OH excluding ortho intramolecular Hbond substituents is 1. The lowest BCUT2D eigenvalue weighted by Gasteiger charge is -2.05. The van der Waals surface area contributed by atoms with Gasteiger partial charge in [0.05, 0.1) is 11.9 Å². The van der Waals surface area contributed by atoms with Crippen molar-refractivity contribution in [3.63, 3.8) is 0 Å². The minimum atomic E-state index is -0.476. The van der Waals surface area contributed by atoms with E-state index in [9.17, 15) is 14.3 Å². The predicted molar refractivity (Wildman–Crippen MR) is 101 cm³/mol. The van der Waals surface area contributed by atoms with Crippen LogP contribution in [0.3, 0.4) is 0 Å². The highest BCUT2D eigenvalue weighted by Crippen LogP contribution is 2.22. The molecule has 3 rings (SSSR count). The number of nitrogens with zero attached hydrogens (tertiary/aromatic N) is 2. The average Bonchev–Trinajstić information content (AvgIpc) is 3.15. The van der Waals surface area contributed by atoms with Crippen molar-refractivity contribution in [3.8, 4) is 17.0 Å². The van der Waals surface area contributed by atoms with Gasteiger partial charge in [-0.05, 0) is 48.4 Å². The van der Waals surface area contributed by atoms with Gasteiger partial charge in [0.25, 0.3) is 5.91 Å². The number of H-pyrrole nitrogens is 1. The third-order valence-corrected chi connectivity index (χ3v) is 4.00. The number of phenols is 1. The second-order valence-electron chi connectivity index (χ2n) is 5.98. The Morgan fingerprint density at radius 1 is 1.30 bits per heavy atom.